The van der Waals surface area contributed by atoms with E-state index in [1.165, 1.54) is 12.4 Å². The number of phenols is 2. The highest BCUT2D eigenvalue weighted by Gasteiger charge is 2.08. The third-order valence-corrected chi connectivity index (χ3v) is 5.06. The molecule has 0 heterocycles. The highest BCUT2D eigenvalue weighted by molar-refractivity contribution is 5.86. The zero-order chi connectivity index (χ0) is 22.3. The van der Waals surface area contributed by atoms with Crippen LogP contribution in [0.3, 0.4) is 0 Å². The maximum atomic E-state index is 10.2. The summed E-state index contributed by atoms with van der Waals surface area (Å²) in [5, 5.41) is 20.4. The highest BCUT2D eigenvalue weighted by atomic mass is 16.3. The predicted molar refractivity (Wildman–Crippen MR) is 128 cm³/mol. The Hall–Kier alpha value is -3.28. The Labute approximate surface area is 179 Å². The fourth-order valence-corrected chi connectivity index (χ4v) is 2.64. The van der Waals surface area contributed by atoms with Crippen LogP contribution in [-0.4, -0.2) is 48.8 Å². The van der Waals surface area contributed by atoms with Gasteiger partial charge >= 0.3 is 0 Å². The van der Waals surface area contributed by atoms with Crippen LogP contribution in [0.5, 0.6) is 11.5 Å². The van der Waals surface area contributed by atoms with E-state index in [1.54, 1.807) is 24.6 Å². The SMILES string of the molecule is CC(C)N(C)c1ccc(C=N/C=C/N=Cc2ccc(N(C)C(C)C)cc2O)c(O)c1. The van der Waals surface area contributed by atoms with Crippen LogP contribution in [-0.2, 0) is 0 Å². The van der Waals surface area contributed by atoms with Gasteiger partial charge in [0.05, 0.1) is 0 Å². The Morgan fingerprint density at radius 1 is 0.700 bits per heavy atom. The molecular formula is C24H32N4O2. The van der Waals surface area contributed by atoms with Crippen molar-refractivity contribution >= 4 is 23.8 Å². The topological polar surface area (TPSA) is 71.7 Å². The average molecular weight is 409 g/mol. The number of aromatic hydroxyl groups is 2. The van der Waals surface area contributed by atoms with E-state index in [0.29, 0.717) is 23.2 Å². The molecule has 30 heavy (non-hydrogen) atoms. The minimum Gasteiger partial charge on any atom is -0.507 e. The number of benzene rings is 2. The van der Waals surface area contributed by atoms with Crippen LogP contribution in [0.1, 0.15) is 38.8 Å². The summed E-state index contributed by atoms with van der Waals surface area (Å²) in [5.74, 6) is 0.356. The summed E-state index contributed by atoms with van der Waals surface area (Å²) in [4.78, 5) is 12.5. The standard InChI is InChI=1S/C24H32N4O2/c1-17(2)27(5)21-9-7-19(23(29)13-21)15-25-11-12-26-16-20-8-10-22(14-24(20)30)28(6)18(3)4/h7-18,29-30H,1-6H3/b12-11+,25-15?,26-16?. The molecule has 0 atom stereocenters. The number of nitrogens with zero attached hydrogens (tertiary/aromatic N) is 4. The summed E-state index contributed by atoms with van der Waals surface area (Å²) in [6.07, 6.45) is 6.22. The van der Waals surface area contributed by atoms with Crippen LogP contribution < -0.4 is 9.80 Å². The van der Waals surface area contributed by atoms with Crippen LogP contribution in [0.25, 0.3) is 0 Å². The van der Waals surface area contributed by atoms with Gasteiger partial charge in [-0.2, -0.15) is 0 Å². The van der Waals surface area contributed by atoms with Gasteiger partial charge in [-0.05, 0) is 52.0 Å². The van der Waals surface area contributed by atoms with Crippen molar-refractivity contribution in [2.24, 2.45) is 9.98 Å². The molecule has 0 saturated carbocycles. The number of hydrogen-bond donors (Lipinski definition) is 2. The summed E-state index contributed by atoms with van der Waals surface area (Å²) in [6.45, 7) is 8.37. The third-order valence-electron chi connectivity index (χ3n) is 5.06. The number of hydrogen-bond acceptors (Lipinski definition) is 6. The van der Waals surface area contributed by atoms with Crippen LogP contribution in [0.2, 0.25) is 0 Å². The van der Waals surface area contributed by atoms with E-state index in [2.05, 4.69) is 47.5 Å². The summed E-state index contributed by atoms with van der Waals surface area (Å²) in [5.41, 5.74) is 3.16. The van der Waals surface area contributed by atoms with Crippen molar-refractivity contribution in [1.82, 2.24) is 0 Å². The van der Waals surface area contributed by atoms with Crippen LogP contribution >= 0.6 is 0 Å². The molecule has 0 aliphatic heterocycles. The van der Waals surface area contributed by atoms with Crippen molar-refractivity contribution < 1.29 is 10.2 Å². The van der Waals surface area contributed by atoms with Crippen molar-refractivity contribution in [2.75, 3.05) is 23.9 Å². The van der Waals surface area contributed by atoms with Gasteiger partial charge in [0.2, 0.25) is 0 Å². The van der Waals surface area contributed by atoms with Crippen LogP contribution in [0.15, 0.2) is 58.8 Å². The highest BCUT2D eigenvalue weighted by Crippen LogP contribution is 2.25. The van der Waals surface area contributed by atoms with Crippen LogP contribution in [0.4, 0.5) is 11.4 Å². The third kappa shape index (κ3) is 6.11. The molecule has 2 aromatic rings. The van der Waals surface area contributed by atoms with Crippen LogP contribution in [0, 0.1) is 0 Å². The Balaban J connectivity index is 1.99. The smallest absolute Gasteiger partial charge is 0.126 e. The fraction of sp³-hybridized carbons (Fsp3) is 0.333. The van der Waals surface area contributed by atoms with E-state index >= 15 is 0 Å². The second kappa shape index (κ2) is 10.5. The van der Waals surface area contributed by atoms with Gasteiger partial charge in [-0.1, -0.05) is 0 Å². The summed E-state index contributed by atoms with van der Waals surface area (Å²) >= 11 is 0. The molecular weight excluding hydrogens is 376 g/mol. The van der Waals surface area contributed by atoms with E-state index in [4.69, 9.17) is 0 Å². The Bertz CT molecular complexity index is 857. The quantitative estimate of drug-likeness (QED) is 0.616. The Morgan fingerprint density at radius 3 is 1.37 bits per heavy atom. The Morgan fingerprint density at radius 2 is 1.07 bits per heavy atom. The second-order valence-electron chi connectivity index (χ2n) is 7.75. The fourth-order valence-electron chi connectivity index (χ4n) is 2.64. The molecule has 6 heteroatoms. The van der Waals surface area contributed by atoms with E-state index in [1.807, 2.05) is 38.4 Å². The minimum atomic E-state index is 0.178. The molecule has 0 saturated heterocycles. The average Bonchev–Trinajstić information content (AvgIpc) is 2.71. The zero-order valence-electron chi connectivity index (χ0n) is 18.6. The van der Waals surface area contributed by atoms with Gasteiger partial charge in [0, 0.05) is 85.6 Å². The zero-order valence-corrected chi connectivity index (χ0v) is 18.6. The number of aliphatic imine (C=N–C) groups is 2. The van der Waals surface area contributed by atoms with Crippen molar-refractivity contribution in [3.63, 3.8) is 0 Å². The van der Waals surface area contributed by atoms with Gasteiger partial charge in [-0.3, -0.25) is 9.98 Å². The van der Waals surface area contributed by atoms with Crippen molar-refractivity contribution in [2.45, 2.75) is 39.8 Å². The molecule has 0 spiro atoms. The lowest BCUT2D eigenvalue weighted by Crippen LogP contribution is -2.25. The van der Waals surface area contributed by atoms with Gasteiger partial charge in [0.1, 0.15) is 11.5 Å². The Kier molecular flexibility index (Phi) is 8.04. The first kappa shape index (κ1) is 23.0. The molecule has 2 aromatic carbocycles. The maximum Gasteiger partial charge on any atom is 0.126 e. The van der Waals surface area contributed by atoms with Gasteiger partial charge in [0.15, 0.2) is 0 Å². The van der Waals surface area contributed by atoms with Crippen molar-refractivity contribution in [3.8, 4) is 11.5 Å². The van der Waals surface area contributed by atoms with E-state index < -0.39 is 0 Å². The summed E-state index contributed by atoms with van der Waals surface area (Å²) in [6, 6.07) is 11.7. The number of phenolic OH excluding ortho intramolecular Hbond substituents is 2. The molecule has 0 unspecified atom stereocenters. The van der Waals surface area contributed by atoms with E-state index in [0.717, 1.165) is 11.4 Å². The maximum absolute atomic E-state index is 10.2. The summed E-state index contributed by atoms with van der Waals surface area (Å²) in [7, 11) is 3.98. The van der Waals surface area contributed by atoms with E-state index in [9.17, 15) is 10.2 Å². The van der Waals surface area contributed by atoms with E-state index in [-0.39, 0.29) is 11.5 Å². The van der Waals surface area contributed by atoms with Gasteiger partial charge < -0.3 is 20.0 Å². The lowest BCUT2D eigenvalue weighted by Gasteiger charge is -2.24. The molecule has 0 radical (unpaired) electrons. The molecule has 2 N–H and O–H groups in total. The first-order valence-electron chi connectivity index (χ1n) is 10.0. The largest absolute Gasteiger partial charge is 0.507 e. The van der Waals surface area contributed by atoms with Crippen molar-refractivity contribution in [3.05, 3.63) is 59.9 Å². The van der Waals surface area contributed by atoms with Crippen molar-refractivity contribution in [1.29, 1.82) is 0 Å². The predicted octanol–water partition coefficient (Wildman–Crippen LogP) is 4.80. The molecule has 0 aliphatic carbocycles. The first-order valence-corrected chi connectivity index (χ1v) is 10.0. The normalized spacial score (nSPS) is 12.1. The molecule has 2 rings (SSSR count). The van der Waals surface area contributed by atoms with Gasteiger partial charge in [0.25, 0.3) is 0 Å². The monoisotopic (exact) mass is 408 g/mol. The molecule has 160 valence electrons. The summed E-state index contributed by atoms with van der Waals surface area (Å²) < 4.78 is 0. The molecule has 0 amide bonds. The number of rotatable bonds is 8. The molecule has 0 aliphatic rings. The lowest BCUT2D eigenvalue weighted by molar-refractivity contribution is 0.473. The number of anilines is 2. The molecule has 0 bridgehead atoms. The first-order chi connectivity index (χ1) is 14.2. The molecule has 0 fully saturated rings. The minimum absolute atomic E-state index is 0.178. The van der Waals surface area contributed by atoms with Gasteiger partial charge in [-0.25, -0.2) is 0 Å². The molecule has 6 nitrogen and oxygen atoms in total. The second-order valence-corrected chi connectivity index (χ2v) is 7.75. The van der Waals surface area contributed by atoms with Gasteiger partial charge in [-0.15, -0.1) is 0 Å². The molecule has 0 aromatic heterocycles. The lowest BCUT2D eigenvalue weighted by atomic mass is 10.1.